The minimum absolute atomic E-state index is 0.196. The van der Waals surface area contributed by atoms with E-state index in [1.54, 1.807) is 28.6 Å². The van der Waals surface area contributed by atoms with Crippen LogP contribution in [0.2, 0.25) is 0 Å². The predicted molar refractivity (Wildman–Crippen MR) is 116 cm³/mol. The molecule has 0 spiro atoms. The maximum Gasteiger partial charge on any atom is 0.257 e. The van der Waals surface area contributed by atoms with Gasteiger partial charge in [-0.3, -0.25) is 15.5 Å². The number of hydrogen-bond donors (Lipinski definition) is 2. The number of benzene rings is 2. The van der Waals surface area contributed by atoms with Gasteiger partial charge in [-0.1, -0.05) is 66.7 Å². The van der Waals surface area contributed by atoms with Crippen molar-refractivity contribution >= 4 is 35.0 Å². The van der Waals surface area contributed by atoms with Gasteiger partial charge in [0.15, 0.2) is 10.9 Å². The zero-order valence-corrected chi connectivity index (χ0v) is 17.3. The van der Waals surface area contributed by atoms with Crippen molar-refractivity contribution in [3.63, 3.8) is 0 Å². The van der Waals surface area contributed by atoms with E-state index in [2.05, 4.69) is 33.1 Å². The Hall–Kier alpha value is -2.71. The van der Waals surface area contributed by atoms with Crippen LogP contribution in [0.3, 0.4) is 0 Å². The summed E-state index contributed by atoms with van der Waals surface area (Å²) in [7, 11) is 0. The fourth-order valence-electron chi connectivity index (χ4n) is 2.47. The maximum absolute atomic E-state index is 12.4. The molecule has 0 aliphatic rings. The van der Waals surface area contributed by atoms with Gasteiger partial charge in [0, 0.05) is 17.7 Å². The molecule has 28 heavy (non-hydrogen) atoms. The summed E-state index contributed by atoms with van der Waals surface area (Å²) >= 11 is 6.87. The van der Waals surface area contributed by atoms with Gasteiger partial charge >= 0.3 is 0 Å². The molecule has 1 aromatic heterocycles. The van der Waals surface area contributed by atoms with Crippen molar-refractivity contribution in [1.29, 1.82) is 0 Å². The van der Waals surface area contributed by atoms with Crippen molar-refractivity contribution in [3.8, 4) is 0 Å². The fraction of sp³-hybridized carbons (Fsp3) is 0.200. The summed E-state index contributed by atoms with van der Waals surface area (Å²) in [6, 6.07) is 17.4. The monoisotopic (exact) mass is 411 g/mol. The smallest absolute Gasteiger partial charge is 0.257 e. The van der Waals surface area contributed by atoms with Crippen molar-refractivity contribution in [2.24, 2.45) is 0 Å². The first-order chi connectivity index (χ1) is 13.6. The Balaban J connectivity index is 1.66. The number of thioether (sulfide) groups is 1. The lowest BCUT2D eigenvalue weighted by Crippen LogP contribution is -2.38. The Labute approximate surface area is 173 Å². The number of aromatic nitrogens is 3. The molecule has 144 valence electrons. The molecule has 1 heterocycles. The van der Waals surface area contributed by atoms with E-state index < -0.39 is 0 Å². The summed E-state index contributed by atoms with van der Waals surface area (Å²) in [6.45, 7) is 3.96. The van der Waals surface area contributed by atoms with Gasteiger partial charge in [-0.25, -0.2) is 4.68 Å². The summed E-state index contributed by atoms with van der Waals surface area (Å²) in [5.74, 6) is 1.23. The molecule has 1 amide bonds. The van der Waals surface area contributed by atoms with Crippen LogP contribution in [-0.4, -0.2) is 25.9 Å². The highest BCUT2D eigenvalue weighted by Crippen LogP contribution is 2.21. The van der Waals surface area contributed by atoms with Gasteiger partial charge in [0.2, 0.25) is 5.16 Å². The molecule has 0 saturated carbocycles. The summed E-state index contributed by atoms with van der Waals surface area (Å²) in [4.78, 5) is 12.4. The number of carbonyl (C=O) groups is 1. The van der Waals surface area contributed by atoms with Crippen molar-refractivity contribution in [2.75, 3.05) is 5.43 Å². The lowest BCUT2D eigenvalue weighted by Gasteiger charge is -2.13. The van der Waals surface area contributed by atoms with E-state index in [9.17, 15) is 4.79 Å². The van der Waals surface area contributed by atoms with Crippen molar-refractivity contribution < 1.29 is 4.79 Å². The quantitative estimate of drug-likeness (QED) is 0.476. The van der Waals surface area contributed by atoms with E-state index in [1.165, 1.54) is 5.56 Å². The number of nitrogens with one attached hydrogen (secondary N) is 2. The lowest BCUT2D eigenvalue weighted by atomic mass is 10.1. The van der Waals surface area contributed by atoms with Gasteiger partial charge in [-0.2, -0.15) is 0 Å². The topological polar surface area (TPSA) is 71.8 Å². The van der Waals surface area contributed by atoms with Crippen LogP contribution in [0.25, 0.3) is 0 Å². The standard InChI is InChI=1S/C20H21N5OS2/c1-3-17-22-23-20(28-13-15-7-5-4-6-8-15)25(17)24-19(27)21-18(26)16-11-9-14(2)10-12-16/h4-12H,3,13H2,1-2H3,(H2,21,24,26,27). The van der Waals surface area contributed by atoms with E-state index in [-0.39, 0.29) is 11.0 Å². The number of nitrogens with zero attached hydrogens (tertiary/aromatic N) is 3. The molecule has 0 aliphatic heterocycles. The number of rotatable bonds is 6. The van der Waals surface area contributed by atoms with Crippen LogP contribution >= 0.6 is 24.0 Å². The second kappa shape index (κ2) is 9.48. The predicted octanol–water partition coefficient (Wildman–Crippen LogP) is 3.70. The molecule has 6 nitrogen and oxygen atoms in total. The van der Waals surface area contributed by atoms with Crippen LogP contribution < -0.4 is 10.7 Å². The highest BCUT2D eigenvalue weighted by Gasteiger charge is 2.14. The molecule has 0 aliphatic carbocycles. The van der Waals surface area contributed by atoms with Crippen LogP contribution in [0.1, 0.15) is 34.2 Å². The van der Waals surface area contributed by atoms with Gasteiger partial charge in [0.05, 0.1) is 0 Å². The Bertz CT molecular complexity index is 954. The fourth-order valence-corrected chi connectivity index (χ4v) is 3.52. The zero-order valence-electron chi connectivity index (χ0n) is 15.7. The molecule has 2 N–H and O–H groups in total. The molecule has 2 aromatic carbocycles. The van der Waals surface area contributed by atoms with Gasteiger partial charge < -0.3 is 0 Å². The summed E-state index contributed by atoms with van der Waals surface area (Å²) in [6.07, 6.45) is 0.681. The number of amides is 1. The van der Waals surface area contributed by atoms with Gasteiger partial charge in [0.1, 0.15) is 0 Å². The zero-order chi connectivity index (χ0) is 19.9. The molecular weight excluding hydrogens is 390 g/mol. The molecule has 3 aromatic rings. The van der Waals surface area contributed by atoms with Gasteiger partial charge in [-0.15, -0.1) is 10.2 Å². The lowest BCUT2D eigenvalue weighted by molar-refractivity contribution is 0.0977. The van der Waals surface area contributed by atoms with Crippen molar-refractivity contribution in [1.82, 2.24) is 20.2 Å². The minimum Gasteiger partial charge on any atom is -0.298 e. The first-order valence-electron chi connectivity index (χ1n) is 8.87. The molecule has 0 saturated heterocycles. The van der Waals surface area contributed by atoms with E-state index in [4.69, 9.17) is 12.2 Å². The van der Waals surface area contributed by atoms with E-state index in [0.29, 0.717) is 17.1 Å². The number of carbonyl (C=O) groups excluding carboxylic acids is 1. The molecule has 0 unspecified atom stereocenters. The third kappa shape index (κ3) is 5.17. The van der Waals surface area contributed by atoms with Gasteiger partial charge in [0.25, 0.3) is 5.91 Å². The Morgan fingerprint density at radius 2 is 1.82 bits per heavy atom. The molecule has 0 radical (unpaired) electrons. The van der Waals surface area contributed by atoms with E-state index in [1.807, 2.05) is 44.2 Å². The first-order valence-corrected chi connectivity index (χ1v) is 10.3. The van der Waals surface area contributed by atoms with E-state index >= 15 is 0 Å². The van der Waals surface area contributed by atoms with Crippen molar-refractivity contribution in [2.45, 2.75) is 31.2 Å². The number of thiocarbonyl (C=S) groups is 1. The third-order valence-electron chi connectivity index (χ3n) is 3.98. The van der Waals surface area contributed by atoms with Crippen LogP contribution in [0.4, 0.5) is 0 Å². The summed E-state index contributed by atoms with van der Waals surface area (Å²) in [5.41, 5.74) is 5.86. The Morgan fingerprint density at radius 3 is 2.50 bits per heavy atom. The second-order valence-corrected chi connectivity index (χ2v) is 7.47. The van der Waals surface area contributed by atoms with E-state index in [0.717, 1.165) is 17.1 Å². The maximum atomic E-state index is 12.4. The molecule has 0 bridgehead atoms. The Kier molecular flexibility index (Phi) is 6.78. The molecule has 0 fully saturated rings. The normalized spacial score (nSPS) is 10.5. The summed E-state index contributed by atoms with van der Waals surface area (Å²) in [5, 5.41) is 12.0. The van der Waals surface area contributed by atoms with Gasteiger partial charge in [-0.05, 0) is 36.8 Å². The van der Waals surface area contributed by atoms with Crippen LogP contribution in [0, 0.1) is 6.92 Å². The van der Waals surface area contributed by atoms with Crippen LogP contribution in [-0.2, 0) is 12.2 Å². The van der Waals surface area contributed by atoms with Crippen molar-refractivity contribution in [3.05, 3.63) is 77.1 Å². The molecule has 3 rings (SSSR count). The third-order valence-corrected chi connectivity index (χ3v) is 5.17. The van der Waals surface area contributed by atoms with Crippen LogP contribution in [0.15, 0.2) is 59.8 Å². The SMILES string of the molecule is CCc1nnc(SCc2ccccc2)n1NC(=S)NC(=O)c1ccc(C)cc1. The van der Waals surface area contributed by atoms with Crippen LogP contribution in [0.5, 0.6) is 0 Å². The second-order valence-electron chi connectivity index (χ2n) is 6.12. The highest BCUT2D eigenvalue weighted by molar-refractivity contribution is 7.98. The highest BCUT2D eigenvalue weighted by atomic mass is 32.2. The Morgan fingerprint density at radius 1 is 1.11 bits per heavy atom. The average molecular weight is 412 g/mol. The number of aryl methyl sites for hydroxylation is 2. The largest absolute Gasteiger partial charge is 0.298 e. The first kappa shape index (κ1) is 20.0. The number of hydrogen-bond acceptors (Lipinski definition) is 5. The molecule has 8 heteroatoms. The average Bonchev–Trinajstić information content (AvgIpc) is 3.09. The molecular formula is C20H21N5OS2. The summed E-state index contributed by atoms with van der Waals surface area (Å²) < 4.78 is 1.73. The molecule has 0 atom stereocenters. The minimum atomic E-state index is -0.262.